The Morgan fingerprint density at radius 1 is 1.47 bits per heavy atom. The van der Waals surface area contributed by atoms with E-state index in [0.29, 0.717) is 11.1 Å². The summed E-state index contributed by atoms with van der Waals surface area (Å²) in [6.45, 7) is 0.878. The van der Waals surface area contributed by atoms with Crippen molar-refractivity contribution in [3.8, 4) is 0 Å². The molecule has 0 radical (unpaired) electrons. The molecule has 2 heterocycles. The van der Waals surface area contributed by atoms with Gasteiger partial charge in [0.1, 0.15) is 0 Å². The topological polar surface area (TPSA) is 35.0 Å². The van der Waals surface area contributed by atoms with Crippen LogP contribution in [0.5, 0.6) is 0 Å². The molecular formula is C10H12Cl2N2O. The van der Waals surface area contributed by atoms with E-state index in [9.17, 15) is 0 Å². The van der Waals surface area contributed by atoms with E-state index in [-0.39, 0.29) is 5.28 Å². The number of hydrogen-bond donors (Lipinski definition) is 0. The average molecular weight is 247 g/mol. The van der Waals surface area contributed by atoms with Gasteiger partial charge in [0.25, 0.3) is 0 Å². The first-order chi connectivity index (χ1) is 7.25. The lowest BCUT2D eigenvalue weighted by Gasteiger charge is -2.09. The molecule has 15 heavy (non-hydrogen) atoms. The fourth-order valence-corrected chi connectivity index (χ4v) is 2.06. The predicted molar refractivity (Wildman–Crippen MR) is 59.3 cm³/mol. The van der Waals surface area contributed by atoms with E-state index in [1.54, 1.807) is 6.20 Å². The van der Waals surface area contributed by atoms with Gasteiger partial charge in [0, 0.05) is 6.61 Å². The van der Waals surface area contributed by atoms with Crippen LogP contribution in [0.4, 0.5) is 0 Å². The second-order valence-corrected chi connectivity index (χ2v) is 4.35. The van der Waals surface area contributed by atoms with Gasteiger partial charge >= 0.3 is 0 Å². The van der Waals surface area contributed by atoms with Crippen molar-refractivity contribution in [3.05, 3.63) is 22.2 Å². The zero-order valence-corrected chi connectivity index (χ0v) is 9.76. The van der Waals surface area contributed by atoms with E-state index >= 15 is 0 Å². The van der Waals surface area contributed by atoms with Crippen LogP contribution in [-0.2, 0) is 11.2 Å². The first kappa shape index (κ1) is 11.1. The van der Waals surface area contributed by atoms with Crippen molar-refractivity contribution in [1.82, 2.24) is 9.97 Å². The molecule has 0 N–H and O–H groups in total. The van der Waals surface area contributed by atoms with E-state index in [1.165, 1.54) is 0 Å². The molecule has 1 atom stereocenters. The summed E-state index contributed by atoms with van der Waals surface area (Å²) in [6, 6.07) is 0. The maximum Gasteiger partial charge on any atom is 0.222 e. The molecule has 2 rings (SSSR count). The number of aryl methyl sites for hydroxylation is 1. The van der Waals surface area contributed by atoms with Crippen LogP contribution in [0.2, 0.25) is 10.3 Å². The van der Waals surface area contributed by atoms with Gasteiger partial charge in [-0.25, -0.2) is 9.97 Å². The summed E-state index contributed by atoms with van der Waals surface area (Å²) in [6.07, 6.45) is 5.94. The Bertz CT molecular complexity index is 340. The van der Waals surface area contributed by atoms with Crippen molar-refractivity contribution in [1.29, 1.82) is 0 Å². The van der Waals surface area contributed by atoms with Crippen molar-refractivity contribution in [2.24, 2.45) is 0 Å². The molecule has 0 spiro atoms. The molecule has 1 aliphatic rings. The van der Waals surface area contributed by atoms with Gasteiger partial charge in [-0.1, -0.05) is 11.6 Å². The van der Waals surface area contributed by atoms with Crippen LogP contribution >= 0.6 is 23.2 Å². The van der Waals surface area contributed by atoms with Gasteiger partial charge < -0.3 is 4.74 Å². The number of hydrogen-bond acceptors (Lipinski definition) is 3. The lowest BCUT2D eigenvalue weighted by molar-refractivity contribution is 0.104. The smallest absolute Gasteiger partial charge is 0.222 e. The maximum atomic E-state index is 5.96. The van der Waals surface area contributed by atoms with Crippen LogP contribution in [0.1, 0.15) is 25.0 Å². The molecule has 0 amide bonds. The molecule has 82 valence electrons. The third-order valence-electron chi connectivity index (χ3n) is 2.51. The van der Waals surface area contributed by atoms with Gasteiger partial charge in [-0.3, -0.25) is 0 Å². The molecular weight excluding hydrogens is 235 g/mol. The molecule has 3 nitrogen and oxygen atoms in total. The highest BCUT2D eigenvalue weighted by Gasteiger charge is 2.16. The average Bonchev–Trinajstić information content (AvgIpc) is 2.72. The van der Waals surface area contributed by atoms with Crippen molar-refractivity contribution < 1.29 is 4.74 Å². The number of nitrogens with zero attached hydrogens (tertiary/aromatic N) is 2. The van der Waals surface area contributed by atoms with Gasteiger partial charge in [-0.15, -0.1) is 0 Å². The van der Waals surface area contributed by atoms with E-state index in [1.807, 2.05) is 0 Å². The molecule has 1 aliphatic heterocycles. The molecule has 1 aromatic heterocycles. The maximum absolute atomic E-state index is 5.96. The van der Waals surface area contributed by atoms with Crippen LogP contribution in [0.25, 0.3) is 0 Å². The lowest BCUT2D eigenvalue weighted by Crippen LogP contribution is -2.07. The predicted octanol–water partition coefficient (Wildman–Crippen LogP) is 2.90. The molecule has 0 aromatic carbocycles. The first-order valence-corrected chi connectivity index (χ1v) is 5.80. The molecule has 1 saturated heterocycles. The summed E-state index contributed by atoms with van der Waals surface area (Å²) >= 11 is 11.7. The number of rotatable bonds is 3. The van der Waals surface area contributed by atoms with Crippen LogP contribution in [0.3, 0.4) is 0 Å². The van der Waals surface area contributed by atoms with Gasteiger partial charge in [-0.05, 0) is 37.3 Å². The second kappa shape index (κ2) is 5.10. The van der Waals surface area contributed by atoms with Gasteiger partial charge in [0.05, 0.1) is 23.0 Å². The molecule has 0 bridgehead atoms. The second-order valence-electron chi connectivity index (χ2n) is 3.61. The zero-order valence-electron chi connectivity index (χ0n) is 8.25. The number of aromatic nitrogens is 2. The summed E-state index contributed by atoms with van der Waals surface area (Å²) in [5, 5.41) is 0.833. The molecule has 1 fully saturated rings. The lowest BCUT2D eigenvalue weighted by atomic mass is 10.1. The normalized spacial score (nSPS) is 20.8. The Labute approximate surface area is 98.8 Å². The van der Waals surface area contributed by atoms with E-state index < -0.39 is 0 Å². The van der Waals surface area contributed by atoms with E-state index in [4.69, 9.17) is 27.9 Å². The number of ether oxygens (including phenoxy) is 1. The standard InChI is InChI=1S/C10H12Cl2N2O/c11-8-6-13-10(12)14-9(8)4-3-7-2-1-5-15-7/h6-7H,1-5H2/t7-/m0/s1. The largest absolute Gasteiger partial charge is 0.378 e. The minimum atomic E-state index is 0.252. The quantitative estimate of drug-likeness (QED) is 0.770. The van der Waals surface area contributed by atoms with Gasteiger partial charge in [-0.2, -0.15) is 0 Å². The Morgan fingerprint density at radius 3 is 3.07 bits per heavy atom. The third-order valence-corrected chi connectivity index (χ3v) is 3.01. The van der Waals surface area contributed by atoms with E-state index in [0.717, 1.165) is 38.0 Å². The Hall–Kier alpha value is -0.380. The summed E-state index contributed by atoms with van der Waals surface area (Å²) in [5.41, 5.74) is 0.812. The fourth-order valence-electron chi connectivity index (χ4n) is 1.72. The molecule has 5 heteroatoms. The minimum Gasteiger partial charge on any atom is -0.378 e. The Morgan fingerprint density at radius 2 is 2.33 bits per heavy atom. The monoisotopic (exact) mass is 246 g/mol. The van der Waals surface area contributed by atoms with Crippen LogP contribution in [-0.4, -0.2) is 22.7 Å². The highest BCUT2D eigenvalue weighted by atomic mass is 35.5. The van der Waals surface area contributed by atoms with Crippen LogP contribution in [0, 0.1) is 0 Å². The first-order valence-electron chi connectivity index (χ1n) is 5.04. The zero-order chi connectivity index (χ0) is 10.7. The van der Waals surface area contributed by atoms with Gasteiger partial charge in [0.2, 0.25) is 5.28 Å². The summed E-state index contributed by atoms with van der Waals surface area (Å²) < 4.78 is 5.53. The molecule has 0 aliphatic carbocycles. The molecule has 1 aromatic rings. The van der Waals surface area contributed by atoms with Crippen LogP contribution < -0.4 is 0 Å². The highest BCUT2D eigenvalue weighted by molar-refractivity contribution is 6.31. The fraction of sp³-hybridized carbons (Fsp3) is 0.600. The summed E-state index contributed by atoms with van der Waals surface area (Å²) in [5.74, 6) is 0. The van der Waals surface area contributed by atoms with Crippen molar-refractivity contribution in [3.63, 3.8) is 0 Å². The highest BCUT2D eigenvalue weighted by Crippen LogP contribution is 2.21. The molecule has 0 unspecified atom stereocenters. The molecule has 0 saturated carbocycles. The Balaban J connectivity index is 1.94. The summed E-state index contributed by atoms with van der Waals surface area (Å²) in [4.78, 5) is 7.91. The van der Waals surface area contributed by atoms with Crippen molar-refractivity contribution in [2.75, 3.05) is 6.61 Å². The van der Waals surface area contributed by atoms with Crippen molar-refractivity contribution in [2.45, 2.75) is 31.8 Å². The SMILES string of the molecule is Clc1ncc(Cl)c(CC[C@@H]2CCCO2)n1. The third kappa shape index (κ3) is 3.03. The minimum absolute atomic E-state index is 0.252. The van der Waals surface area contributed by atoms with Crippen molar-refractivity contribution >= 4 is 23.2 Å². The Kier molecular flexibility index (Phi) is 3.78. The summed E-state index contributed by atoms with van der Waals surface area (Å²) in [7, 11) is 0. The number of halogens is 2. The van der Waals surface area contributed by atoms with Gasteiger partial charge in [0.15, 0.2) is 0 Å². The van der Waals surface area contributed by atoms with Crippen LogP contribution in [0.15, 0.2) is 6.20 Å². The van der Waals surface area contributed by atoms with E-state index in [2.05, 4.69) is 9.97 Å².